The minimum absolute atomic E-state index is 0.218. The van der Waals surface area contributed by atoms with E-state index in [-0.39, 0.29) is 5.82 Å². The minimum atomic E-state index is -0.218. The van der Waals surface area contributed by atoms with E-state index in [0.717, 1.165) is 11.1 Å². The predicted octanol–water partition coefficient (Wildman–Crippen LogP) is 3.91. The van der Waals surface area contributed by atoms with Crippen molar-refractivity contribution in [1.82, 2.24) is 0 Å². The summed E-state index contributed by atoms with van der Waals surface area (Å²) in [6.07, 6.45) is 0. The summed E-state index contributed by atoms with van der Waals surface area (Å²) in [6.45, 7) is 4.10. The van der Waals surface area contributed by atoms with E-state index < -0.39 is 0 Å². The maximum Gasteiger partial charge on any atom is 0.123 e. The number of halogens is 1. The Bertz CT molecular complexity index is 486. The van der Waals surface area contributed by atoms with Crippen LogP contribution in [0, 0.1) is 25.7 Å². The van der Waals surface area contributed by atoms with Crippen LogP contribution in [-0.4, -0.2) is 0 Å². The molecule has 0 heterocycles. The molecule has 15 heavy (non-hydrogen) atoms. The molecule has 2 aromatic rings. The van der Waals surface area contributed by atoms with Crippen LogP contribution in [0.25, 0.3) is 11.1 Å². The number of hydrogen-bond acceptors (Lipinski definition) is 0. The van der Waals surface area contributed by atoms with Crippen LogP contribution in [0.15, 0.2) is 36.4 Å². The molecular formula is C14H12F. The minimum Gasteiger partial charge on any atom is -0.207 e. The van der Waals surface area contributed by atoms with Crippen LogP contribution < -0.4 is 0 Å². The Balaban J connectivity index is 2.59. The lowest BCUT2D eigenvalue weighted by Gasteiger charge is -2.08. The molecule has 0 saturated carbocycles. The molecule has 0 spiro atoms. The number of rotatable bonds is 1. The van der Waals surface area contributed by atoms with Gasteiger partial charge < -0.3 is 0 Å². The maximum absolute atomic E-state index is 13.1. The standard InChI is InChI=1S/C14H12F/c1-10-5-3-8-14(11(10)2)12-6-4-7-13(15)9-12/h3-5,7-9H,1-2H3. The predicted molar refractivity (Wildman–Crippen MR) is 60.1 cm³/mol. The Kier molecular flexibility index (Phi) is 2.55. The van der Waals surface area contributed by atoms with Crippen molar-refractivity contribution in [2.45, 2.75) is 13.8 Å². The van der Waals surface area contributed by atoms with Crippen LogP contribution in [0.2, 0.25) is 0 Å². The molecule has 0 nitrogen and oxygen atoms in total. The zero-order chi connectivity index (χ0) is 10.8. The topological polar surface area (TPSA) is 0 Å². The third-order valence-corrected chi connectivity index (χ3v) is 2.66. The van der Waals surface area contributed by atoms with Crippen molar-refractivity contribution in [2.75, 3.05) is 0 Å². The highest BCUT2D eigenvalue weighted by atomic mass is 19.1. The van der Waals surface area contributed by atoms with Gasteiger partial charge in [0.1, 0.15) is 5.82 Å². The monoisotopic (exact) mass is 199 g/mol. The summed E-state index contributed by atoms with van der Waals surface area (Å²) >= 11 is 0. The van der Waals surface area contributed by atoms with E-state index >= 15 is 0 Å². The molecule has 0 bridgehead atoms. The zero-order valence-electron chi connectivity index (χ0n) is 8.84. The van der Waals surface area contributed by atoms with E-state index in [1.165, 1.54) is 23.3 Å². The van der Waals surface area contributed by atoms with Gasteiger partial charge in [-0.1, -0.05) is 24.3 Å². The first-order chi connectivity index (χ1) is 7.18. The summed E-state index contributed by atoms with van der Waals surface area (Å²) < 4.78 is 13.1. The Hall–Kier alpha value is -1.63. The average molecular weight is 199 g/mol. The largest absolute Gasteiger partial charge is 0.207 e. The molecule has 0 N–H and O–H groups in total. The maximum atomic E-state index is 13.1. The van der Waals surface area contributed by atoms with Crippen molar-refractivity contribution in [2.24, 2.45) is 0 Å². The molecular weight excluding hydrogens is 187 g/mol. The van der Waals surface area contributed by atoms with Gasteiger partial charge in [-0.05, 0) is 54.3 Å². The van der Waals surface area contributed by atoms with Gasteiger partial charge in [0.05, 0.1) is 0 Å². The lowest BCUT2D eigenvalue weighted by atomic mass is 9.97. The van der Waals surface area contributed by atoms with E-state index in [1.54, 1.807) is 6.07 Å². The van der Waals surface area contributed by atoms with Gasteiger partial charge in [-0.2, -0.15) is 0 Å². The number of benzene rings is 2. The van der Waals surface area contributed by atoms with E-state index in [0.29, 0.717) is 0 Å². The SMILES string of the molecule is Cc1cccc(-c2[c]ccc(F)c2)c1C. The summed E-state index contributed by atoms with van der Waals surface area (Å²) in [6, 6.07) is 13.6. The molecule has 2 aromatic carbocycles. The molecule has 0 amide bonds. The summed E-state index contributed by atoms with van der Waals surface area (Å²) in [5, 5.41) is 0. The van der Waals surface area contributed by atoms with Crippen LogP contribution in [-0.2, 0) is 0 Å². The molecule has 0 atom stereocenters. The Morgan fingerprint density at radius 1 is 1.13 bits per heavy atom. The number of hydrogen-bond donors (Lipinski definition) is 0. The molecule has 0 aliphatic rings. The summed E-state index contributed by atoms with van der Waals surface area (Å²) in [5.74, 6) is -0.218. The van der Waals surface area contributed by atoms with Gasteiger partial charge in [-0.3, -0.25) is 0 Å². The van der Waals surface area contributed by atoms with Crippen molar-refractivity contribution >= 4 is 0 Å². The third kappa shape index (κ3) is 1.91. The van der Waals surface area contributed by atoms with Crippen LogP contribution >= 0.6 is 0 Å². The second kappa shape index (κ2) is 3.85. The Morgan fingerprint density at radius 2 is 1.93 bits per heavy atom. The Morgan fingerprint density at radius 3 is 2.67 bits per heavy atom. The van der Waals surface area contributed by atoms with Crippen molar-refractivity contribution < 1.29 is 4.39 Å². The van der Waals surface area contributed by atoms with Crippen molar-refractivity contribution in [3.05, 3.63) is 59.4 Å². The lowest BCUT2D eigenvalue weighted by molar-refractivity contribution is 0.628. The summed E-state index contributed by atoms with van der Waals surface area (Å²) in [7, 11) is 0. The van der Waals surface area contributed by atoms with Gasteiger partial charge >= 0.3 is 0 Å². The van der Waals surface area contributed by atoms with Gasteiger partial charge in [0.2, 0.25) is 0 Å². The van der Waals surface area contributed by atoms with E-state index in [9.17, 15) is 4.39 Å². The molecule has 2 rings (SSSR count). The first-order valence-electron chi connectivity index (χ1n) is 4.92. The molecule has 1 radical (unpaired) electrons. The van der Waals surface area contributed by atoms with E-state index in [2.05, 4.69) is 19.1 Å². The molecule has 0 aliphatic carbocycles. The Labute approximate surface area is 89.4 Å². The smallest absolute Gasteiger partial charge is 0.123 e. The first kappa shape index (κ1) is 9.91. The van der Waals surface area contributed by atoms with Crippen LogP contribution in [0.4, 0.5) is 4.39 Å². The van der Waals surface area contributed by atoms with Crippen LogP contribution in [0.1, 0.15) is 11.1 Å². The molecule has 0 aromatic heterocycles. The second-order valence-corrected chi connectivity index (χ2v) is 3.67. The highest BCUT2D eigenvalue weighted by Gasteiger charge is 2.04. The molecule has 0 saturated heterocycles. The molecule has 1 heteroatoms. The number of aryl methyl sites for hydroxylation is 1. The molecule has 0 fully saturated rings. The van der Waals surface area contributed by atoms with Gasteiger partial charge in [0.15, 0.2) is 0 Å². The first-order valence-corrected chi connectivity index (χ1v) is 4.92. The highest BCUT2D eigenvalue weighted by molar-refractivity contribution is 5.67. The highest BCUT2D eigenvalue weighted by Crippen LogP contribution is 2.25. The molecule has 0 unspecified atom stereocenters. The quantitative estimate of drug-likeness (QED) is 0.653. The average Bonchev–Trinajstić information content (AvgIpc) is 2.22. The van der Waals surface area contributed by atoms with Gasteiger partial charge in [-0.25, -0.2) is 4.39 Å². The fourth-order valence-electron chi connectivity index (χ4n) is 1.64. The fraction of sp³-hybridized carbons (Fsp3) is 0.143. The summed E-state index contributed by atoms with van der Waals surface area (Å²) in [5.41, 5.74) is 4.26. The molecule has 75 valence electrons. The molecule has 0 aliphatic heterocycles. The fourth-order valence-corrected chi connectivity index (χ4v) is 1.64. The van der Waals surface area contributed by atoms with Crippen LogP contribution in [0.5, 0.6) is 0 Å². The van der Waals surface area contributed by atoms with Gasteiger partial charge in [-0.15, -0.1) is 0 Å². The zero-order valence-corrected chi connectivity index (χ0v) is 8.84. The van der Waals surface area contributed by atoms with Gasteiger partial charge in [0.25, 0.3) is 0 Å². The van der Waals surface area contributed by atoms with Crippen molar-refractivity contribution in [3.8, 4) is 11.1 Å². The van der Waals surface area contributed by atoms with E-state index in [4.69, 9.17) is 0 Å². The van der Waals surface area contributed by atoms with Crippen LogP contribution in [0.3, 0.4) is 0 Å². The summed E-state index contributed by atoms with van der Waals surface area (Å²) in [4.78, 5) is 0. The second-order valence-electron chi connectivity index (χ2n) is 3.67. The van der Waals surface area contributed by atoms with E-state index in [1.807, 2.05) is 19.1 Å². The van der Waals surface area contributed by atoms with Crippen molar-refractivity contribution in [1.29, 1.82) is 0 Å². The lowest BCUT2D eigenvalue weighted by Crippen LogP contribution is -1.87. The third-order valence-electron chi connectivity index (χ3n) is 2.66. The van der Waals surface area contributed by atoms with Crippen molar-refractivity contribution in [3.63, 3.8) is 0 Å². The van der Waals surface area contributed by atoms with Gasteiger partial charge in [0, 0.05) is 0 Å². The normalized spacial score (nSPS) is 10.3.